The fraction of sp³-hybridized carbons (Fsp3) is 0.417. The van der Waals surface area contributed by atoms with Gasteiger partial charge in [-0.1, -0.05) is 6.92 Å². The number of benzene rings is 1. The van der Waals surface area contributed by atoms with E-state index in [9.17, 15) is 14.8 Å². The van der Waals surface area contributed by atoms with E-state index >= 15 is 4.39 Å². The van der Waals surface area contributed by atoms with Crippen molar-refractivity contribution in [1.29, 1.82) is 0 Å². The number of hydroxylamine groups is 3. The zero-order valence-corrected chi connectivity index (χ0v) is 19.8. The molecule has 0 radical (unpaired) electrons. The van der Waals surface area contributed by atoms with E-state index in [1.807, 2.05) is 17.9 Å². The van der Waals surface area contributed by atoms with Crippen molar-refractivity contribution in [2.75, 3.05) is 38.1 Å². The van der Waals surface area contributed by atoms with Gasteiger partial charge in [-0.05, 0) is 44.5 Å². The molecule has 1 aliphatic heterocycles. The Balaban J connectivity index is 1.58. The molecule has 3 aromatic rings. The molecule has 0 atom stereocenters. The number of piperazine rings is 1. The normalized spacial score (nSPS) is 16.0. The average Bonchev–Trinajstić information content (AvgIpc) is 2.84. The third-order valence-corrected chi connectivity index (χ3v) is 6.92. The lowest BCUT2D eigenvalue weighted by Gasteiger charge is -2.57. The highest BCUT2D eigenvalue weighted by molar-refractivity contribution is 5.92. The Kier molecular flexibility index (Phi) is 6.13. The molecule has 0 aliphatic carbocycles. The van der Waals surface area contributed by atoms with Crippen LogP contribution in [-0.2, 0) is 12.0 Å². The molecule has 0 spiro atoms. The molecule has 34 heavy (non-hydrogen) atoms. The summed E-state index contributed by atoms with van der Waals surface area (Å²) in [5, 5.41) is 16.5. The Hall–Kier alpha value is -3.37. The van der Waals surface area contributed by atoms with Gasteiger partial charge in [0.05, 0.1) is 49.1 Å². The SMILES string of the molecule is CCc1nc2ccc(C(C)(C)[N+]3([O-])CCN(c4ccc(C(=O)NC)nc4)CC3)c(F)c2[nH]c1=O. The molecule has 3 heterocycles. The predicted molar refractivity (Wildman–Crippen MR) is 128 cm³/mol. The molecule has 1 fully saturated rings. The first-order chi connectivity index (χ1) is 16.1. The van der Waals surface area contributed by atoms with E-state index in [-0.39, 0.29) is 30.1 Å². The lowest BCUT2D eigenvalue weighted by Crippen LogP contribution is -2.64. The number of halogens is 1. The molecule has 2 aromatic heterocycles. The molecule has 10 heteroatoms. The largest absolute Gasteiger partial charge is 0.632 e. The summed E-state index contributed by atoms with van der Waals surface area (Å²) in [7, 11) is 1.55. The number of pyridine rings is 1. The number of aromatic nitrogens is 3. The van der Waals surface area contributed by atoms with Crippen molar-refractivity contribution < 1.29 is 13.8 Å². The van der Waals surface area contributed by atoms with Crippen LogP contribution in [0.5, 0.6) is 0 Å². The Morgan fingerprint density at radius 3 is 2.56 bits per heavy atom. The van der Waals surface area contributed by atoms with E-state index in [1.54, 1.807) is 45.3 Å². The zero-order chi connectivity index (χ0) is 24.7. The van der Waals surface area contributed by atoms with Gasteiger partial charge in [0.1, 0.15) is 22.4 Å². The molecule has 1 saturated heterocycles. The summed E-state index contributed by atoms with van der Waals surface area (Å²) < 4.78 is 15.0. The molecule has 0 saturated carbocycles. The summed E-state index contributed by atoms with van der Waals surface area (Å²) >= 11 is 0. The van der Waals surface area contributed by atoms with Gasteiger partial charge in [-0.3, -0.25) is 9.59 Å². The highest BCUT2D eigenvalue weighted by Crippen LogP contribution is 2.38. The van der Waals surface area contributed by atoms with Crippen LogP contribution in [0.3, 0.4) is 0 Å². The Labute approximate surface area is 196 Å². The van der Waals surface area contributed by atoms with Crippen LogP contribution in [0, 0.1) is 11.0 Å². The highest BCUT2D eigenvalue weighted by atomic mass is 19.1. The first kappa shape index (κ1) is 23.8. The van der Waals surface area contributed by atoms with Crippen LogP contribution in [-0.4, -0.2) is 58.7 Å². The van der Waals surface area contributed by atoms with Crippen LogP contribution >= 0.6 is 0 Å². The first-order valence-corrected chi connectivity index (χ1v) is 11.3. The molecular weight excluding hydrogens is 439 g/mol. The van der Waals surface area contributed by atoms with Gasteiger partial charge in [0, 0.05) is 7.05 Å². The highest BCUT2D eigenvalue weighted by Gasteiger charge is 2.43. The molecule has 0 unspecified atom stereocenters. The molecule has 2 N–H and O–H groups in total. The summed E-state index contributed by atoms with van der Waals surface area (Å²) in [4.78, 5) is 37.0. The summed E-state index contributed by atoms with van der Waals surface area (Å²) in [5.74, 6) is -0.874. The molecule has 1 aromatic carbocycles. The molecule has 1 amide bonds. The van der Waals surface area contributed by atoms with Gasteiger partial charge in [-0.15, -0.1) is 0 Å². The predicted octanol–water partition coefficient (Wildman–Crippen LogP) is 2.45. The Morgan fingerprint density at radius 1 is 1.26 bits per heavy atom. The van der Waals surface area contributed by atoms with Crippen molar-refractivity contribution in [3.8, 4) is 0 Å². The fourth-order valence-electron chi connectivity index (χ4n) is 4.53. The monoisotopic (exact) mass is 468 g/mol. The van der Waals surface area contributed by atoms with E-state index in [1.165, 1.54) is 0 Å². The average molecular weight is 469 g/mol. The molecular formula is C24H29FN6O3. The molecule has 4 rings (SSSR count). The second kappa shape index (κ2) is 8.77. The van der Waals surface area contributed by atoms with Crippen molar-refractivity contribution in [2.24, 2.45) is 0 Å². The van der Waals surface area contributed by atoms with Crippen molar-refractivity contribution in [3.63, 3.8) is 0 Å². The molecule has 180 valence electrons. The van der Waals surface area contributed by atoms with Crippen LogP contribution in [0.25, 0.3) is 11.0 Å². The van der Waals surface area contributed by atoms with Crippen molar-refractivity contribution in [1.82, 2.24) is 20.3 Å². The van der Waals surface area contributed by atoms with Crippen LogP contribution in [0.15, 0.2) is 35.3 Å². The summed E-state index contributed by atoms with van der Waals surface area (Å²) in [6.45, 7) is 6.70. The molecule has 0 bridgehead atoms. The maximum atomic E-state index is 15.6. The molecule has 9 nitrogen and oxygen atoms in total. The number of amides is 1. The minimum absolute atomic E-state index is 0.0280. The van der Waals surface area contributed by atoms with Crippen LogP contribution in [0.2, 0.25) is 0 Å². The number of hydrogen-bond donors (Lipinski definition) is 2. The Bertz CT molecular complexity index is 1280. The number of carbonyl (C=O) groups is 1. The van der Waals surface area contributed by atoms with E-state index in [0.717, 1.165) is 5.69 Å². The number of H-pyrrole nitrogens is 1. The standard InChI is InChI=1S/C24H29FN6O3/c1-5-17-23(33)29-21-18(28-17)9-7-16(20(21)25)24(2,3)31(34)12-10-30(11-13-31)15-6-8-19(27-14-15)22(32)26-4/h6-9,14H,5,10-13H2,1-4H3,(H,26,32)(H,29,33). The summed E-state index contributed by atoms with van der Waals surface area (Å²) in [6.07, 6.45) is 2.07. The summed E-state index contributed by atoms with van der Waals surface area (Å²) in [6, 6.07) is 6.72. The lowest BCUT2D eigenvalue weighted by molar-refractivity contribution is -0.936. The van der Waals surface area contributed by atoms with Gasteiger partial charge in [0.2, 0.25) is 0 Å². The van der Waals surface area contributed by atoms with Gasteiger partial charge in [-0.25, -0.2) is 14.4 Å². The number of carbonyl (C=O) groups excluding carboxylic acids is 1. The number of aryl methyl sites for hydroxylation is 1. The molecule has 1 aliphatic rings. The minimum atomic E-state index is -1.09. The number of quaternary nitrogens is 1. The van der Waals surface area contributed by atoms with Crippen LogP contribution in [0.4, 0.5) is 10.1 Å². The van der Waals surface area contributed by atoms with E-state index in [0.29, 0.717) is 36.4 Å². The van der Waals surface area contributed by atoms with Gasteiger partial charge >= 0.3 is 0 Å². The first-order valence-electron chi connectivity index (χ1n) is 11.3. The number of anilines is 1. The quantitative estimate of drug-likeness (QED) is 0.439. The van der Waals surface area contributed by atoms with Crippen LogP contribution in [0.1, 0.15) is 42.5 Å². The summed E-state index contributed by atoms with van der Waals surface area (Å²) in [5.41, 5.74) is 0.629. The maximum Gasteiger partial charge on any atom is 0.270 e. The second-order valence-electron chi connectivity index (χ2n) is 9.05. The maximum absolute atomic E-state index is 15.6. The second-order valence-corrected chi connectivity index (χ2v) is 9.05. The number of aromatic amines is 1. The van der Waals surface area contributed by atoms with Crippen molar-refractivity contribution in [2.45, 2.75) is 32.7 Å². The smallest absolute Gasteiger partial charge is 0.270 e. The van der Waals surface area contributed by atoms with E-state index in [2.05, 4.69) is 20.3 Å². The number of rotatable bonds is 5. The number of hydrogen-bond acceptors (Lipinski definition) is 6. The Morgan fingerprint density at radius 2 is 1.97 bits per heavy atom. The van der Waals surface area contributed by atoms with Gasteiger partial charge in [0.15, 0.2) is 5.82 Å². The van der Waals surface area contributed by atoms with Crippen LogP contribution < -0.4 is 15.8 Å². The fourth-order valence-corrected chi connectivity index (χ4v) is 4.53. The minimum Gasteiger partial charge on any atom is -0.632 e. The van der Waals surface area contributed by atoms with Crippen molar-refractivity contribution >= 4 is 22.6 Å². The zero-order valence-electron chi connectivity index (χ0n) is 19.8. The van der Waals surface area contributed by atoms with Gasteiger partial charge in [-0.2, -0.15) is 0 Å². The third-order valence-electron chi connectivity index (χ3n) is 6.92. The van der Waals surface area contributed by atoms with Gasteiger partial charge < -0.3 is 25.1 Å². The van der Waals surface area contributed by atoms with Crippen molar-refractivity contribution in [3.05, 3.63) is 68.8 Å². The van der Waals surface area contributed by atoms with E-state index < -0.39 is 21.6 Å². The lowest BCUT2D eigenvalue weighted by atomic mass is 9.89. The topological polar surface area (TPSA) is 114 Å². The third kappa shape index (κ3) is 3.92. The van der Waals surface area contributed by atoms with Gasteiger partial charge in [0.25, 0.3) is 11.5 Å². The van der Waals surface area contributed by atoms with E-state index in [4.69, 9.17) is 0 Å². The number of nitrogens with zero attached hydrogens (tertiary/aromatic N) is 4. The number of fused-ring (bicyclic) bond motifs is 1. The number of nitrogens with one attached hydrogen (secondary N) is 2.